The van der Waals surface area contributed by atoms with Crippen LogP contribution in [0.3, 0.4) is 0 Å². The molecule has 12 rings (SSSR count). The zero-order chi connectivity index (χ0) is 81.2. The van der Waals surface area contributed by atoms with Gasteiger partial charge < -0.3 is 43.8 Å². The molecule has 0 spiro atoms. The molecular weight excluding hydrogens is 1460 g/mol. The molecular formula is C81H110F9NO15S2. The lowest BCUT2D eigenvalue weighted by molar-refractivity contribution is -0.712. The molecule has 5 aliphatic carbocycles. The summed E-state index contributed by atoms with van der Waals surface area (Å²) in [5.74, 6) is -6.04. The molecule has 7 fully saturated rings. The number of benzene rings is 4. The number of carbonyl (C=O) groups excluding carboxylic acids is 5. The zero-order valence-electron chi connectivity index (χ0n) is 64.7. The van der Waals surface area contributed by atoms with Crippen LogP contribution in [0.15, 0.2) is 103 Å². The van der Waals surface area contributed by atoms with Gasteiger partial charge in [-0.3, -0.25) is 24.0 Å². The Hall–Kier alpha value is -6.55. The number of nitrogens with two attached hydrogens (primary N) is 1. The minimum atomic E-state index is -6.31. The van der Waals surface area contributed by atoms with Gasteiger partial charge in [-0.2, -0.15) is 39.5 Å². The lowest BCUT2D eigenvalue weighted by Crippen LogP contribution is -2.93. The van der Waals surface area contributed by atoms with E-state index in [2.05, 4.69) is 127 Å². The number of rotatable bonds is 18. The Morgan fingerprint density at radius 2 is 1.06 bits per heavy atom. The first-order valence-electron chi connectivity index (χ1n) is 37.3. The van der Waals surface area contributed by atoms with Crippen LogP contribution in [-0.2, 0) is 63.2 Å². The molecule has 7 aliphatic rings. The number of phenolic OH excluding ortho intramolecular Hbond substituents is 1. The fraction of sp³-hybridized carbons (Fsp3) is 0.642. The predicted octanol–water partition coefficient (Wildman–Crippen LogP) is 17.8. The van der Waals surface area contributed by atoms with Gasteiger partial charge in [-0.05, 0) is 217 Å². The van der Waals surface area contributed by atoms with Crippen molar-refractivity contribution < 1.29 is 116 Å². The van der Waals surface area contributed by atoms with Gasteiger partial charge in [-0.15, -0.1) is 0 Å². The van der Waals surface area contributed by atoms with E-state index in [1.165, 1.54) is 56.3 Å². The molecule has 0 amide bonds. The summed E-state index contributed by atoms with van der Waals surface area (Å²) in [6, 6.07) is 37.3. The van der Waals surface area contributed by atoms with Gasteiger partial charge in [0.1, 0.15) is 23.1 Å². The molecule has 2 aliphatic heterocycles. The Bertz CT molecular complexity index is 3880. The summed E-state index contributed by atoms with van der Waals surface area (Å²) in [4.78, 5) is 61.5. The monoisotopic (exact) mass is 1570 g/mol. The first-order chi connectivity index (χ1) is 49.7. The van der Waals surface area contributed by atoms with Crippen molar-refractivity contribution >= 4 is 70.6 Å². The molecule has 5 atom stereocenters. The number of ether oxygens (including phenoxy) is 5. The number of thiophene rings is 1. The van der Waals surface area contributed by atoms with E-state index < -0.39 is 86.5 Å². The predicted molar refractivity (Wildman–Crippen MR) is 392 cm³/mol. The third kappa shape index (κ3) is 23.1. The van der Waals surface area contributed by atoms with Crippen LogP contribution in [0, 0.1) is 33.5 Å². The van der Waals surface area contributed by atoms with Gasteiger partial charge in [-0.25, -0.2) is 8.42 Å². The minimum Gasteiger partial charge on any atom is -0.828 e. The summed E-state index contributed by atoms with van der Waals surface area (Å²) in [5.41, 5.74) is -8.16. The molecule has 3 N–H and O–H groups in total. The highest BCUT2D eigenvalue weighted by atomic mass is 32.2. The minimum absolute atomic E-state index is 0.00100. The second kappa shape index (κ2) is 35.4. The molecule has 108 heavy (non-hydrogen) atoms. The number of esters is 5. The summed E-state index contributed by atoms with van der Waals surface area (Å²) in [6.07, 6.45) is -6.92. The van der Waals surface area contributed by atoms with Crippen LogP contribution in [0.2, 0.25) is 0 Å². The van der Waals surface area contributed by atoms with Crippen LogP contribution in [0.25, 0.3) is 25.1 Å². The molecule has 16 nitrogen and oxygen atoms in total. The molecule has 6 bridgehead atoms. The fourth-order valence-corrected chi connectivity index (χ4v) is 17.6. The third-order valence-corrected chi connectivity index (χ3v) is 25.4. The van der Waals surface area contributed by atoms with E-state index in [1.54, 1.807) is 19.9 Å². The van der Waals surface area contributed by atoms with Crippen molar-refractivity contribution in [3.63, 3.8) is 0 Å². The number of phenols is 1. The van der Waals surface area contributed by atoms with E-state index in [9.17, 15) is 86.7 Å². The Morgan fingerprint density at radius 3 is 1.50 bits per heavy atom. The largest absolute Gasteiger partial charge is 0.828 e. The average Bonchev–Trinajstić information content (AvgIpc) is 0.955. The molecule has 1 aromatic heterocycles. The maximum atomic E-state index is 13.3. The Morgan fingerprint density at radius 1 is 0.602 bits per heavy atom. The quantitative estimate of drug-likeness (QED) is 0.0272. The Balaban J connectivity index is 0.000000209. The van der Waals surface area contributed by atoms with Gasteiger partial charge in [0.15, 0.2) is 19.9 Å². The first-order valence-corrected chi connectivity index (χ1v) is 40.1. The van der Waals surface area contributed by atoms with Gasteiger partial charge in [0.2, 0.25) is 6.10 Å². The smallest absolute Gasteiger partial charge is 0.426 e. The van der Waals surface area contributed by atoms with Crippen LogP contribution in [0.1, 0.15) is 225 Å². The molecule has 2 saturated heterocycles. The van der Waals surface area contributed by atoms with E-state index in [-0.39, 0.29) is 68.6 Å². The second-order valence-corrected chi connectivity index (χ2v) is 36.5. The molecule has 27 heteroatoms. The second-order valence-electron chi connectivity index (χ2n) is 33.1. The highest BCUT2D eigenvalue weighted by molar-refractivity contribution is 7.85. The van der Waals surface area contributed by atoms with E-state index in [4.69, 9.17) is 14.2 Å². The average molecular weight is 1570 g/mol. The number of carbonyl (C=O) groups is 5. The van der Waals surface area contributed by atoms with E-state index in [0.29, 0.717) is 49.9 Å². The summed E-state index contributed by atoms with van der Waals surface area (Å²) in [6.45, 7) is 27.9. The molecule has 604 valence electrons. The van der Waals surface area contributed by atoms with Crippen molar-refractivity contribution in [1.82, 2.24) is 0 Å². The van der Waals surface area contributed by atoms with Gasteiger partial charge in [0.05, 0.1) is 55.7 Å². The normalized spacial score (nSPS) is 22.8. The van der Waals surface area contributed by atoms with Crippen molar-refractivity contribution in [3.05, 3.63) is 109 Å². The first kappa shape index (κ1) is 90.3. The lowest BCUT2D eigenvalue weighted by atomic mass is 9.48. The SMILES string of the molecule is CC(C)OC(=O)C([O-])(C(F)(F)F)C(F)(F)F.CCC(C)(C)C(=O)OC1(C)CCCC1.CCC(C)(C)C(=O)OC12CC3CC(C1)CC(C(=O)OC(CS(=O)(=O)[O-])C(F)(F)F)(C3)C2.CCC(C)(C)C(=O)OC1CC2CCC(C1)[NH2+]2.CCC(C)(C)c1cccc(O)c1.c1ccc(-[s+]2c3ccccc3c3ccccc32)cc1. The molecule has 5 aromatic rings. The van der Waals surface area contributed by atoms with E-state index >= 15 is 0 Å². The third-order valence-electron chi connectivity index (χ3n) is 22.3. The molecule has 4 aromatic carbocycles. The summed E-state index contributed by atoms with van der Waals surface area (Å²) < 4.78 is 173. The number of halogens is 9. The molecule has 0 radical (unpaired) electrons. The zero-order valence-corrected chi connectivity index (χ0v) is 66.4. The highest BCUT2D eigenvalue weighted by Crippen LogP contribution is 2.64. The molecule has 5 unspecified atom stereocenters. The van der Waals surface area contributed by atoms with Gasteiger partial charge >= 0.3 is 48.4 Å². The maximum Gasteiger partial charge on any atom is 0.426 e. The van der Waals surface area contributed by atoms with E-state index in [1.807, 2.05) is 60.6 Å². The van der Waals surface area contributed by atoms with Gasteiger partial charge in [0.25, 0.3) is 0 Å². The van der Waals surface area contributed by atoms with Crippen molar-refractivity contribution in [3.8, 4) is 10.6 Å². The number of alkyl halides is 9. The molecule has 3 heterocycles. The van der Waals surface area contributed by atoms with Crippen molar-refractivity contribution in [2.75, 3.05) is 5.75 Å². The summed E-state index contributed by atoms with van der Waals surface area (Å²) in [5, 5.41) is 25.2. The summed E-state index contributed by atoms with van der Waals surface area (Å²) in [7, 11) is -5.21. The number of quaternary nitrogens is 1. The Kier molecular flexibility index (Phi) is 29.6. The van der Waals surface area contributed by atoms with Crippen LogP contribution in [-0.4, -0.2) is 119 Å². The number of hydrogen-bond donors (Lipinski definition) is 2. The highest BCUT2D eigenvalue weighted by Gasteiger charge is 2.68. The van der Waals surface area contributed by atoms with Gasteiger partial charge in [0, 0.05) is 53.3 Å². The van der Waals surface area contributed by atoms with E-state index in [0.717, 1.165) is 65.2 Å². The van der Waals surface area contributed by atoms with Crippen LogP contribution in [0.4, 0.5) is 39.5 Å². The maximum absolute atomic E-state index is 13.3. The number of hydrogen-bond acceptors (Lipinski definition) is 15. The number of fused-ring (bicyclic) bond motifs is 5. The summed E-state index contributed by atoms with van der Waals surface area (Å²) >= 11 is 0. The number of aromatic hydroxyl groups is 1. The van der Waals surface area contributed by atoms with Crippen molar-refractivity contribution in [2.24, 2.45) is 33.5 Å². The lowest BCUT2D eigenvalue weighted by Gasteiger charge is -2.60. The standard InChI is InChI=1S/C20H29F3O7S.C18H13S.C13H23NO2.C12H22O2.C11H16O.C7H7F6O3/c1-4-17(2,3)15(24)30-19-8-12-5-13(9-19)7-18(6-12,11-19)16(25)29-14(20(21,22)23)10-31(26,27)28;1-2-8-14(9-3-1)19-17-12-6-4-10-15(17)16-11-5-7-13-18(16)19;1-4-13(2,3)12(15)16-11-7-9-5-6-10(8-11)14-9;1-5-11(2,3)10(13)14-12(4)8-6-7-9-12;1-4-11(2,3)9-6-5-7-10(12)8-9;1-3(2)16-4(14)5(15,6(8,9)10)7(11,12)13/h12-14H,4-11H2,1-3H3,(H,26,27,28);1-13H;9-11,14H,4-8H2,1-3H3;5-9H2,1-4H3;5-8,12H,4H2,1-3H3;3H,1-2H3/q;+1;;;;-1. The van der Waals surface area contributed by atoms with Crippen molar-refractivity contribution in [2.45, 2.75) is 291 Å². The molecule has 5 saturated carbocycles. The Labute approximate surface area is 632 Å². The van der Waals surface area contributed by atoms with Gasteiger partial charge in [-0.1, -0.05) is 96.1 Å². The van der Waals surface area contributed by atoms with Crippen LogP contribution in [0.5, 0.6) is 5.75 Å². The van der Waals surface area contributed by atoms with Crippen LogP contribution >= 0.6 is 10.5 Å². The van der Waals surface area contributed by atoms with Crippen molar-refractivity contribution in [1.29, 1.82) is 0 Å². The number of piperidine rings is 1. The van der Waals surface area contributed by atoms with Crippen LogP contribution < -0.4 is 10.4 Å². The fourth-order valence-electron chi connectivity index (χ4n) is 14.6. The topological polar surface area (TPSA) is 249 Å².